The zero-order chi connectivity index (χ0) is 14.8. The summed E-state index contributed by atoms with van der Waals surface area (Å²) in [7, 11) is 1.67. The van der Waals surface area contributed by atoms with Crippen molar-refractivity contribution >= 4 is 22.7 Å². The molecule has 0 amide bonds. The maximum Gasteiger partial charge on any atom is 0.145 e. The fourth-order valence-electron chi connectivity index (χ4n) is 2.42. The van der Waals surface area contributed by atoms with Gasteiger partial charge >= 0.3 is 0 Å². The fourth-order valence-corrected chi connectivity index (χ4v) is 2.95. The van der Waals surface area contributed by atoms with Crippen molar-refractivity contribution in [3.8, 4) is 17.1 Å². The Morgan fingerprint density at radius 1 is 1.33 bits per heavy atom. The highest BCUT2D eigenvalue weighted by Gasteiger charge is 2.13. The topological polar surface area (TPSA) is 50.8 Å². The van der Waals surface area contributed by atoms with Crippen LogP contribution in [0.1, 0.15) is 11.4 Å². The lowest BCUT2D eigenvalue weighted by Crippen LogP contribution is -1.96. The molecule has 3 rings (SSSR count). The number of methoxy groups -OCH3 is 1. The zero-order valence-corrected chi connectivity index (χ0v) is 13.1. The van der Waals surface area contributed by atoms with Crippen LogP contribution in [0.2, 0.25) is 0 Å². The van der Waals surface area contributed by atoms with Crippen LogP contribution >= 0.6 is 11.8 Å². The maximum atomic E-state index is 5.43. The monoisotopic (exact) mass is 299 g/mol. The Kier molecular flexibility index (Phi) is 3.84. The molecule has 0 radical (unpaired) electrons. The van der Waals surface area contributed by atoms with Crippen LogP contribution in [0, 0.1) is 6.92 Å². The molecule has 0 aliphatic carbocycles. The van der Waals surface area contributed by atoms with E-state index in [0.29, 0.717) is 0 Å². The first-order chi connectivity index (χ1) is 10.2. The lowest BCUT2D eigenvalue weighted by atomic mass is 10.1. The summed E-state index contributed by atoms with van der Waals surface area (Å²) in [5, 5.41) is 1.10. The molecule has 5 heteroatoms. The molecule has 0 saturated carbocycles. The normalized spacial score (nSPS) is 11.0. The number of H-pyrrole nitrogens is 1. The van der Waals surface area contributed by atoms with E-state index in [1.54, 1.807) is 18.9 Å². The molecule has 0 aliphatic heterocycles. The van der Waals surface area contributed by atoms with Crippen LogP contribution in [0.25, 0.3) is 22.3 Å². The number of ether oxygens (including phenoxy) is 1. The minimum Gasteiger partial charge on any atom is -0.494 e. The molecule has 0 saturated heterocycles. The third kappa shape index (κ3) is 2.61. The van der Waals surface area contributed by atoms with Crippen molar-refractivity contribution in [3.05, 3.63) is 41.9 Å². The number of para-hydroxylation sites is 1. The molecule has 1 N–H and O–H groups in total. The number of thioether (sulfide) groups is 1. The van der Waals surface area contributed by atoms with Gasteiger partial charge in [-0.05, 0) is 30.9 Å². The molecular formula is C16H17N3OS. The molecule has 108 valence electrons. The van der Waals surface area contributed by atoms with Crippen molar-refractivity contribution in [3.63, 3.8) is 0 Å². The Bertz CT molecular complexity index is 782. The Balaban J connectivity index is 2.26. The molecule has 0 fully saturated rings. The molecule has 0 aliphatic rings. The minimum absolute atomic E-state index is 0.792. The van der Waals surface area contributed by atoms with Crippen molar-refractivity contribution in [2.45, 2.75) is 12.7 Å². The molecule has 0 atom stereocenters. The molecule has 0 unspecified atom stereocenters. The zero-order valence-electron chi connectivity index (χ0n) is 12.3. The summed E-state index contributed by atoms with van der Waals surface area (Å²) in [4.78, 5) is 12.4. The molecule has 21 heavy (non-hydrogen) atoms. The number of nitrogens with zero attached hydrogens (tertiary/aromatic N) is 2. The van der Waals surface area contributed by atoms with E-state index in [4.69, 9.17) is 9.72 Å². The second-order valence-electron chi connectivity index (χ2n) is 4.84. The maximum absolute atomic E-state index is 5.43. The number of nitrogens with one attached hydrogen (secondary N) is 1. The number of aromatic nitrogens is 3. The number of benzene rings is 1. The summed E-state index contributed by atoms with van der Waals surface area (Å²) in [6, 6.07) is 8.18. The predicted octanol–water partition coefficient (Wildman–Crippen LogP) is 3.80. The molecule has 0 bridgehead atoms. The van der Waals surface area contributed by atoms with E-state index in [9.17, 15) is 0 Å². The third-order valence-electron chi connectivity index (χ3n) is 3.37. The van der Waals surface area contributed by atoms with Crippen LogP contribution in [0.5, 0.6) is 5.75 Å². The van der Waals surface area contributed by atoms with Crippen molar-refractivity contribution in [1.29, 1.82) is 0 Å². The number of pyridine rings is 1. The van der Waals surface area contributed by atoms with E-state index >= 15 is 0 Å². The summed E-state index contributed by atoms with van der Waals surface area (Å²) in [6.07, 6.45) is 3.93. The summed E-state index contributed by atoms with van der Waals surface area (Å²) >= 11 is 1.78. The van der Waals surface area contributed by atoms with Gasteiger partial charge in [0.2, 0.25) is 0 Å². The molecule has 0 spiro atoms. The summed E-state index contributed by atoms with van der Waals surface area (Å²) in [5.41, 5.74) is 3.98. The Morgan fingerprint density at radius 3 is 2.86 bits per heavy atom. The first kappa shape index (κ1) is 13.9. The van der Waals surface area contributed by atoms with Gasteiger partial charge in [0.25, 0.3) is 0 Å². The third-order valence-corrected chi connectivity index (χ3v) is 3.97. The predicted molar refractivity (Wildman–Crippen MR) is 87.8 cm³/mol. The van der Waals surface area contributed by atoms with Crippen LogP contribution in [0.15, 0.2) is 30.5 Å². The average molecular weight is 299 g/mol. The summed E-state index contributed by atoms with van der Waals surface area (Å²) in [6.45, 7) is 1.94. The number of rotatable bonds is 4. The minimum atomic E-state index is 0.792. The molecular weight excluding hydrogens is 282 g/mol. The Labute approximate surface area is 128 Å². The first-order valence-corrected chi connectivity index (χ1v) is 8.10. The van der Waals surface area contributed by atoms with Gasteiger partial charge < -0.3 is 9.72 Å². The van der Waals surface area contributed by atoms with Crippen molar-refractivity contribution < 1.29 is 4.74 Å². The SMILES string of the molecule is COc1cccc2cc(CSC)c(-c3cnc(C)[nH]3)nc12. The lowest BCUT2D eigenvalue weighted by Gasteiger charge is -2.11. The summed E-state index contributed by atoms with van der Waals surface area (Å²) < 4.78 is 5.43. The van der Waals surface area contributed by atoms with E-state index in [2.05, 4.69) is 28.4 Å². The van der Waals surface area contributed by atoms with Gasteiger partial charge in [0.05, 0.1) is 24.7 Å². The number of imidazole rings is 1. The number of hydrogen-bond donors (Lipinski definition) is 1. The standard InChI is InChI=1S/C16H17N3OS/c1-10-17-8-13(18-10)15-12(9-21-3)7-11-5-4-6-14(20-2)16(11)19-15/h4-8H,9H2,1-3H3,(H,17,18). The average Bonchev–Trinajstić information content (AvgIpc) is 2.92. The van der Waals surface area contributed by atoms with Gasteiger partial charge in [0.1, 0.15) is 17.1 Å². The Hall–Kier alpha value is -2.01. The number of aromatic amines is 1. The largest absolute Gasteiger partial charge is 0.494 e. The van der Waals surface area contributed by atoms with Crippen molar-refractivity contribution in [1.82, 2.24) is 15.0 Å². The van der Waals surface area contributed by atoms with Crippen LogP contribution < -0.4 is 4.74 Å². The van der Waals surface area contributed by atoms with Gasteiger partial charge in [-0.2, -0.15) is 11.8 Å². The number of aryl methyl sites for hydroxylation is 1. The highest BCUT2D eigenvalue weighted by molar-refractivity contribution is 7.97. The van der Waals surface area contributed by atoms with Crippen LogP contribution in [-0.2, 0) is 5.75 Å². The van der Waals surface area contributed by atoms with E-state index in [0.717, 1.165) is 39.6 Å². The lowest BCUT2D eigenvalue weighted by molar-refractivity contribution is 0.419. The van der Waals surface area contributed by atoms with Crippen LogP contribution in [0.4, 0.5) is 0 Å². The molecule has 2 heterocycles. The number of fused-ring (bicyclic) bond motifs is 1. The van der Waals surface area contributed by atoms with Crippen molar-refractivity contribution in [2.75, 3.05) is 13.4 Å². The van der Waals surface area contributed by atoms with Crippen LogP contribution in [0.3, 0.4) is 0 Å². The van der Waals surface area contributed by atoms with Gasteiger partial charge in [0.15, 0.2) is 0 Å². The molecule has 2 aromatic heterocycles. The highest BCUT2D eigenvalue weighted by Crippen LogP contribution is 2.31. The van der Waals surface area contributed by atoms with Gasteiger partial charge in [-0.15, -0.1) is 0 Å². The fraction of sp³-hybridized carbons (Fsp3) is 0.250. The van der Waals surface area contributed by atoms with Gasteiger partial charge in [-0.3, -0.25) is 0 Å². The second kappa shape index (κ2) is 5.77. The van der Waals surface area contributed by atoms with E-state index in [1.165, 1.54) is 5.56 Å². The van der Waals surface area contributed by atoms with Crippen LogP contribution in [-0.4, -0.2) is 28.3 Å². The highest BCUT2D eigenvalue weighted by atomic mass is 32.2. The molecule has 1 aromatic carbocycles. The first-order valence-electron chi connectivity index (χ1n) is 6.70. The van der Waals surface area contributed by atoms with Gasteiger partial charge in [0, 0.05) is 11.1 Å². The molecule has 4 nitrogen and oxygen atoms in total. The van der Waals surface area contributed by atoms with Crippen molar-refractivity contribution in [2.24, 2.45) is 0 Å². The number of hydrogen-bond acceptors (Lipinski definition) is 4. The Morgan fingerprint density at radius 2 is 2.19 bits per heavy atom. The smallest absolute Gasteiger partial charge is 0.145 e. The van der Waals surface area contributed by atoms with E-state index in [-0.39, 0.29) is 0 Å². The second-order valence-corrected chi connectivity index (χ2v) is 5.71. The van der Waals surface area contributed by atoms with Gasteiger partial charge in [-0.1, -0.05) is 12.1 Å². The quantitative estimate of drug-likeness (QED) is 0.796. The van der Waals surface area contributed by atoms with Gasteiger partial charge in [-0.25, -0.2) is 9.97 Å². The van der Waals surface area contributed by atoms with E-state index in [1.807, 2.05) is 25.3 Å². The van der Waals surface area contributed by atoms with E-state index < -0.39 is 0 Å². The molecule has 3 aromatic rings. The summed E-state index contributed by atoms with van der Waals surface area (Å²) in [5.74, 6) is 2.59.